The number of nitrogens with one attached hydrogen (secondary N) is 2. The third kappa shape index (κ3) is 3.58. The monoisotopic (exact) mass is 316 g/mol. The summed E-state index contributed by atoms with van der Waals surface area (Å²) in [5, 5.41) is 13.9. The van der Waals surface area contributed by atoms with E-state index in [-0.39, 0.29) is 18.0 Å². The van der Waals surface area contributed by atoms with Crippen molar-refractivity contribution in [2.24, 2.45) is 0 Å². The lowest BCUT2D eigenvalue weighted by molar-refractivity contribution is -0.119. The van der Waals surface area contributed by atoms with Gasteiger partial charge in [-0.2, -0.15) is 0 Å². The molecule has 1 fully saturated rings. The highest BCUT2D eigenvalue weighted by Crippen LogP contribution is 2.10. The van der Waals surface area contributed by atoms with Crippen molar-refractivity contribution in [2.75, 3.05) is 13.1 Å². The number of rotatable bonds is 3. The molecule has 1 aliphatic rings. The van der Waals surface area contributed by atoms with E-state index in [4.69, 9.17) is 0 Å². The van der Waals surface area contributed by atoms with Gasteiger partial charge in [-0.05, 0) is 25.0 Å². The number of fused-ring (bicyclic) bond motifs is 1. The fourth-order valence-electron chi connectivity index (χ4n) is 2.84. The summed E-state index contributed by atoms with van der Waals surface area (Å²) in [7, 11) is 0. The molecule has 3 amide bonds. The van der Waals surface area contributed by atoms with Crippen molar-refractivity contribution in [3.8, 4) is 0 Å². The molecule has 8 nitrogen and oxygen atoms in total. The third-order valence-electron chi connectivity index (χ3n) is 3.90. The van der Waals surface area contributed by atoms with Crippen LogP contribution in [0.15, 0.2) is 24.4 Å². The van der Waals surface area contributed by atoms with Crippen LogP contribution in [0, 0.1) is 0 Å². The summed E-state index contributed by atoms with van der Waals surface area (Å²) in [4.78, 5) is 25.2. The fraction of sp³-hybridized carbons (Fsp3) is 0.467. The number of likely N-dealkylation sites (tertiary alicyclic amines) is 1. The van der Waals surface area contributed by atoms with Gasteiger partial charge >= 0.3 is 6.03 Å². The highest BCUT2D eigenvalue weighted by molar-refractivity contribution is 5.75. The van der Waals surface area contributed by atoms with Gasteiger partial charge in [0.05, 0.1) is 6.54 Å². The average Bonchev–Trinajstić information content (AvgIpc) is 2.95. The predicted molar refractivity (Wildman–Crippen MR) is 83.6 cm³/mol. The van der Waals surface area contributed by atoms with Crippen molar-refractivity contribution < 1.29 is 9.59 Å². The minimum atomic E-state index is -0.146. The molecular formula is C15H20N6O2. The van der Waals surface area contributed by atoms with Crippen molar-refractivity contribution >= 4 is 17.6 Å². The maximum Gasteiger partial charge on any atom is 0.317 e. The second-order valence-corrected chi connectivity index (χ2v) is 5.69. The molecule has 1 atom stereocenters. The van der Waals surface area contributed by atoms with Crippen LogP contribution in [-0.2, 0) is 11.3 Å². The summed E-state index contributed by atoms with van der Waals surface area (Å²) in [6, 6.07) is 5.53. The van der Waals surface area contributed by atoms with Crippen LogP contribution in [0.1, 0.15) is 25.6 Å². The number of carbonyl (C=O) groups excluding carboxylic acids is 2. The van der Waals surface area contributed by atoms with Crippen LogP contribution >= 0.6 is 0 Å². The fourth-order valence-corrected chi connectivity index (χ4v) is 2.84. The summed E-state index contributed by atoms with van der Waals surface area (Å²) in [5.74, 6) is 0.622. The highest BCUT2D eigenvalue weighted by atomic mass is 16.2. The van der Waals surface area contributed by atoms with Gasteiger partial charge in [0.2, 0.25) is 5.91 Å². The Morgan fingerprint density at radius 3 is 3.04 bits per heavy atom. The molecule has 0 aromatic carbocycles. The van der Waals surface area contributed by atoms with Crippen LogP contribution in [0.25, 0.3) is 5.65 Å². The molecule has 8 heteroatoms. The Morgan fingerprint density at radius 1 is 1.35 bits per heavy atom. The highest BCUT2D eigenvalue weighted by Gasteiger charge is 2.24. The van der Waals surface area contributed by atoms with Gasteiger partial charge in [0.25, 0.3) is 0 Å². The van der Waals surface area contributed by atoms with Crippen molar-refractivity contribution in [2.45, 2.75) is 32.4 Å². The molecule has 0 unspecified atom stereocenters. The zero-order valence-corrected chi connectivity index (χ0v) is 13.0. The third-order valence-corrected chi connectivity index (χ3v) is 3.90. The van der Waals surface area contributed by atoms with E-state index in [1.54, 1.807) is 4.90 Å². The molecule has 2 aromatic heterocycles. The topological polar surface area (TPSA) is 91.6 Å². The van der Waals surface area contributed by atoms with Crippen molar-refractivity contribution in [1.29, 1.82) is 0 Å². The number of hydrogen-bond donors (Lipinski definition) is 2. The Kier molecular flexibility index (Phi) is 4.40. The van der Waals surface area contributed by atoms with Gasteiger partial charge in [-0.25, -0.2) is 4.79 Å². The van der Waals surface area contributed by atoms with Crippen LogP contribution in [0.3, 0.4) is 0 Å². The van der Waals surface area contributed by atoms with E-state index in [1.165, 1.54) is 6.92 Å². The van der Waals surface area contributed by atoms with Crippen LogP contribution in [0.4, 0.5) is 4.79 Å². The lowest BCUT2D eigenvalue weighted by Crippen LogP contribution is -2.51. The van der Waals surface area contributed by atoms with Gasteiger partial charge < -0.3 is 15.5 Å². The molecule has 1 saturated heterocycles. The summed E-state index contributed by atoms with van der Waals surface area (Å²) >= 11 is 0. The lowest BCUT2D eigenvalue weighted by Gasteiger charge is -2.32. The first-order chi connectivity index (χ1) is 11.1. The maximum atomic E-state index is 12.3. The van der Waals surface area contributed by atoms with Crippen LogP contribution in [0.5, 0.6) is 0 Å². The zero-order valence-electron chi connectivity index (χ0n) is 13.0. The number of aromatic nitrogens is 3. The average molecular weight is 316 g/mol. The first-order valence-corrected chi connectivity index (χ1v) is 7.72. The SMILES string of the molecule is CC(=O)N[C@@H]1CCCN(C(=O)NCc2nnc3ccccn23)C1. The Labute approximate surface area is 133 Å². The van der Waals surface area contributed by atoms with E-state index in [0.29, 0.717) is 25.5 Å². The van der Waals surface area contributed by atoms with Gasteiger partial charge in [-0.3, -0.25) is 9.20 Å². The molecule has 1 aliphatic heterocycles. The van der Waals surface area contributed by atoms with Crippen LogP contribution in [0.2, 0.25) is 0 Å². The molecule has 0 aliphatic carbocycles. The Bertz CT molecular complexity index is 713. The van der Waals surface area contributed by atoms with Crippen LogP contribution in [-0.4, -0.2) is 50.6 Å². The molecule has 0 radical (unpaired) electrons. The summed E-state index contributed by atoms with van der Waals surface area (Å²) < 4.78 is 1.84. The van der Waals surface area contributed by atoms with E-state index < -0.39 is 0 Å². The molecule has 2 N–H and O–H groups in total. The largest absolute Gasteiger partial charge is 0.352 e. The summed E-state index contributed by atoms with van der Waals surface area (Å²) in [5.41, 5.74) is 0.750. The molecule has 3 heterocycles. The smallest absolute Gasteiger partial charge is 0.317 e. The van der Waals surface area contributed by atoms with Gasteiger partial charge in [-0.15, -0.1) is 10.2 Å². The summed E-state index contributed by atoms with van der Waals surface area (Å²) in [6.45, 7) is 3.04. The lowest BCUT2D eigenvalue weighted by atomic mass is 10.1. The van der Waals surface area contributed by atoms with Gasteiger partial charge in [0.15, 0.2) is 11.5 Å². The normalized spacial score (nSPS) is 18.0. The number of urea groups is 1. The molecule has 0 bridgehead atoms. The van der Waals surface area contributed by atoms with E-state index >= 15 is 0 Å². The Balaban J connectivity index is 1.57. The number of nitrogens with zero attached hydrogens (tertiary/aromatic N) is 4. The number of amides is 3. The van der Waals surface area contributed by atoms with Gasteiger partial charge in [0.1, 0.15) is 0 Å². The van der Waals surface area contributed by atoms with Gasteiger partial charge in [0, 0.05) is 32.3 Å². The molecule has 0 saturated carbocycles. The van der Waals surface area contributed by atoms with Crippen molar-refractivity contribution in [3.05, 3.63) is 30.2 Å². The van der Waals surface area contributed by atoms with E-state index in [2.05, 4.69) is 20.8 Å². The number of piperidine rings is 1. The number of carbonyl (C=O) groups is 2. The number of hydrogen-bond acceptors (Lipinski definition) is 4. The second kappa shape index (κ2) is 6.64. The Hall–Kier alpha value is -2.64. The Morgan fingerprint density at radius 2 is 2.22 bits per heavy atom. The first kappa shape index (κ1) is 15.3. The quantitative estimate of drug-likeness (QED) is 0.864. The zero-order chi connectivity index (χ0) is 16.2. The van der Waals surface area contributed by atoms with E-state index in [1.807, 2.05) is 28.8 Å². The van der Waals surface area contributed by atoms with E-state index in [9.17, 15) is 9.59 Å². The maximum absolute atomic E-state index is 12.3. The molecular weight excluding hydrogens is 296 g/mol. The first-order valence-electron chi connectivity index (χ1n) is 7.72. The van der Waals surface area contributed by atoms with Gasteiger partial charge in [-0.1, -0.05) is 6.07 Å². The molecule has 23 heavy (non-hydrogen) atoms. The van der Waals surface area contributed by atoms with Crippen molar-refractivity contribution in [3.63, 3.8) is 0 Å². The van der Waals surface area contributed by atoms with Crippen molar-refractivity contribution in [1.82, 2.24) is 30.1 Å². The number of pyridine rings is 1. The second-order valence-electron chi connectivity index (χ2n) is 5.69. The molecule has 122 valence electrons. The molecule has 0 spiro atoms. The predicted octanol–water partition coefficient (Wildman–Crippen LogP) is 0.539. The minimum Gasteiger partial charge on any atom is -0.352 e. The molecule has 2 aromatic rings. The minimum absolute atomic E-state index is 0.0286. The summed E-state index contributed by atoms with van der Waals surface area (Å²) in [6.07, 6.45) is 3.65. The standard InChI is InChI=1S/C15H20N6O2/c1-11(22)17-12-5-4-7-20(10-12)15(23)16-9-14-19-18-13-6-2-3-8-21(13)14/h2-3,6,8,12H,4-5,7,9-10H2,1H3,(H,16,23)(H,17,22)/t12-/m1/s1. The molecule has 3 rings (SSSR count). The van der Waals surface area contributed by atoms with Crippen LogP contribution < -0.4 is 10.6 Å². The van der Waals surface area contributed by atoms with E-state index in [0.717, 1.165) is 18.5 Å².